The number of pyridine rings is 1. The molecular formula is C27H21F5N4O3. The van der Waals surface area contributed by atoms with Gasteiger partial charge in [-0.2, -0.15) is 13.2 Å². The molecule has 1 unspecified atom stereocenters. The number of ether oxygens (including phenoxy) is 1. The van der Waals surface area contributed by atoms with Crippen molar-refractivity contribution in [3.63, 3.8) is 0 Å². The van der Waals surface area contributed by atoms with Crippen LogP contribution in [-0.2, 0) is 10.2 Å². The van der Waals surface area contributed by atoms with E-state index in [0.29, 0.717) is 5.52 Å². The number of halogens is 5. The van der Waals surface area contributed by atoms with E-state index in [9.17, 15) is 31.5 Å². The zero-order chi connectivity index (χ0) is 28.1. The normalized spacial score (nSPS) is 17.5. The number of carbonyl (C=O) groups is 2. The van der Waals surface area contributed by atoms with Crippen LogP contribution in [0, 0.1) is 11.6 Å². The maximum atomic E-state index is 14.8. The van der Waals surface area contributed by atoms with Gasteiger partial charge in [-0.25, -0.2) is 13.8 Å². The zero-order valence-corrected chi connectivity index (χ0v) is 20.3. The Morgan fingerprint density at radius 3 is 2.54 bits per heavy atom. The number of amides is 2. The number of nitrogens with two attached hydrogens (primary N) is 1. The molecule has 0 spiro atoms. The second-order valence-electron chi connectivity index (χ2n) is 9.43. The van der Waals surface area contributed by atoms with E-state index in [4.69, 9.17) is 10.5 Å². The predicted octanol–water partition coefficient (Wildman–Crippen LogP) is 4.72. The van der Waals surface area contributed by atoms with Gasteiger partial charge in [0, 0.05) is 34.8 Å². The highest BCUT2D eigenvalue weighted by atomic mass is 19.4. The Bertz CT molecular complexity index is 1600. The standard InChI is InChI=1S/C27H21F5N4O3/c1-26(25(33)38)12-39-23-17(26)10-20(36-22(23)13-2-4-14(28)5-3-13)18(27(30,31)32)11-35-24(37)16-6-7-19-15(21(16)29)8-9-34-19/h2-10,18,34H,11-12H2,1H3,(H2,33,38)(H,35,37)/t18?,26-/m0/s1. The summed E-state index contributed by atoms with van der Waals surface area (Å²) in [7, 11) is 0. The first-order valence-corrected chi connectivity index (χ1v) is 11.7. The third-order valence-corrected chi connectivity index (χ3v) is 6.89. The number of nitrogens with zero attached hydrogens (tertiary/aromatic N) is 1. The van der Waals surface area contributed by atoms with Crippen molar-refractivity contribution < 1.29 is 36.3 Å². The molecular weight excluding hydrogens is 523 g/mol. The molecule has 12 heteroatoms. The summed E-state index contributed by atoms with van der Waals surface area (Å²) in [6, 6.07) is 9.94. The average molecular weight is 544 g/mol. The molecule has 0 aliphatic carbocycles. The van der Waals surface area contributed by atoms with Crippen LogP contribution in [0.5, 0.6) is 5.75 Å². The SMILES string of the molecule is C[C@]1(C(N)=O)COc2c1cc(C(CNC(=O)c1ccc3[nH]ccc3c1F)C(F)(F)F)nc2-c1ccc(F)cc1. The smallest absolute Gasteiger partial charge is 0.398 e. The molecule has 0 saturated carbocycles. The Labute approximate surface area is 218 Å². The Kier molecular flexibility index (Phi) is 6.28. The van der Waals surface area contributed by atoms with E-state index in [1.165, 1.54) is 43.5 Å². The highest BCUT2D eigenvalue weighted by Gasteiger charge is 2.47. The first-order chi connectivity index (χ1) is 18.4. The van der Waals surface area contributed by atoms with Crippen molar-refractivity contribution in [1.29, 1.82) is 0 Å². The maximum Gasteiger partial charge on any atom is 0.398 e. The lowest BCUT2D eigenvalue weighted by Gasteiger charge is -2.24. The van der Waals surface area contributed by atoms with Crippen molar-refractivity contribution in [1.82, 2.24) is 15.3 Å². The number of aromatic amines is 1. The second kappa shape index (κ2) is 9.37. The Hall–Kier alpha value is -4.48. The maximum absolute atomic E-state index is 14.8. The van der Waals surface area contributed by atoms with E-state index in [0.717, 1.165) is 18.2 Å². The molecule has 4 aromatic rings. The van der Waals surface area contributed by atoms with Gasteiger partial charge >= 0.3 is 6.18 Å². The number of fused-ring (bicyclic) bond motifs is 2. The number of aromatic nitrogens is 2. The van der Waals surface area contributed by atoms with Crippen molar-refractivity contribution in [2.75, 3.05) is 13.2 Å². The number of hydrogen-bond donors (Lipinski definition) is 3. The molecule has 7 nitrogen and oxygen atoms in total. The number of nitrogens with one attached hydrogen (secondary N) is 2. The molecule has 4 N–H and O–H groups in total. The van der Waals surface area contributed by atoms with Gasteiger partial charge in [0.25, 0.3) is 5.91 Å². The number of rotatable bonds is 6. The molecule has 0 saturated heterocycles. The Morgan fingerprint density at radius 2 is 1.87 bits per heavy atom. The van der Waals surface area contributed by atoms with Crippen LogP contribution in [0.1, 0.15) is 34.5 Å². The number of primary amides is 1. The van der Waals surface area contributed by atoms with Crippen molar-refractivity contribution >= 4 is 22.7 Å². The van der Waals surface area contributed by atoms with E-state index in [-0.39, 0.29) is 34.6 Å². The molecule has 0 bridgehead atoms. The number of carbonyl (C=O) groups excluding carboxylic acids is 2. The Morgan fingerprint density at radius 1 is 1.15 bits per heavy atom. The van der Waals surface area contributed by atoms with Gasteiger partial charge in [0.15, 0.2) is 0 Å². The Balaban J connectivity index is 1.55. The van der Waals surface area contributed by atoms with E-state index in [2.05, 4.69) is 15.3 Å². The minimum Gasteiger partial charge on any atom is -0.489 e. The van der Waals surface area contributed by atoms with Crippen LogP contribution in [0.4, 0.5) is 22.0 Å². The third kappa shape index (κ3) is 4.55. The molecule has 0 radical (unpaired) electrons. The summed E-state index contributed by atoms with van der Waals surface area (Å²) in [5.74, 6) is -5.61. The summed E-state index contributed by atoms with van der Waals surface area (Å²) < 4.78 is 77.1. The predicted molar refractivity (Wildman–Crippen MR) is 131 cm³/mol. The van der Waals surface area contributed by atoms with Gasteiger partial charge in [0.2, 0.25) is 5.91 Å². The molecule has 5 rings (SSSR count). The lowest BCUT2D eigenvalue weighted by molar-refractivity contribution is -0.149. The molecule has 3 heterocycles. The monoisotopic (exact) mass is 544 g/mol. The van der Waals surface area contributed by atoms with Crippen molar-refractivity contribution in [3.05, 3.63) is 83.2 Å². The fraction of sp³-hybridized carbons (Fsp3) is 0.222. The number of hydrogen-bond acceptors (Lipinski definition) is 4. The lowest BCUT2D eigenvalue weighted by atomic mass is 9.82. The summed E-state index contributed by atoms with van der Waals surface area (Å²) >= 11 is 0. The fourth-order valence-corrected chi connectivity index (χ4v) is 4.54. The van der Waals surface area contributed by atoms with Crippen molar-refractivity contribution in [2.24, 2.45) is 5.73 Å². The van der Waals surface area contributed by atoms with Gasteiger partial charge in [-0.3, -0.25) is 9.59 Å². The van der Waals surface area contributed by atoms with Crippen LogP contribution in [0.3, 0.4) is 0 Å². The molecule has 2 aromatic heterocycles. The summed E-state index contributed by atoms with van der Waals surface area (Å²) in [6.45, 7) is 0.227. The molecule has 1 aliphatic heterocycles. The molecule has 2 atom stereocenters. The van der Waals surface area contributed by atoms with E-state index < -0.39 is 58.8 Å². The molecule has 1 aliphatic rings. The quantitative estimate of drug-likeness (QED) is 0.305. The fourth-order valence-electron chi connectivity index (χ4n) is 4.54. The van der Waals surface area contributed by atoms with Crippen LogP contribution < -0.4 is 15.8 Å². The molecule has 2 amide bonds. The van der Waals surface area contributed by atoms with Gasteiger partial charge in [-0.1, -0.05) is 0 Å². The van der Waals surface area contributed by atoms with Gasteiger partial charge < -0.3 is 20.8 Å². The van der Waals surface area contributed by atoms with Crippen LogP contribution in [0.15, 0.2) is 54.7 Å². The summed E-state index contributed by atoms with van der Waals surface area (Å²) in [6.07, 6.45) is -3.43. The molecule has 202 valence electrons. The van der Waals surface area contributed by atoms with Crippen LogP contribution in [0.2, 0.25) is 0 Å². The minimum atomic E-state index is -4.90. The topological polar surface area (TPSA) is 110 Å². The summed E-state index contributed by atoms with van der Waals surface area (Å²) in [5, 5.41) is 2.27. The average Bonchev–Trinajstić information content (AvgIpc) is 3.50. The number of H-pyrrole nitrogens is 1. The van der Waals surface area contributed by atoms with Crippen molar-refractivity contribution in [3.8, 4) is 17.0 Å². The second-order valence-corrected chi connectivity index (χ2v) is 9.43. The van der Waals surface area contributed by atoms with Crippen LogP contribution in [-0.4, -0.2) is 41.1 Å². The van der Waals surface area contributed by atoms with E-state index >= 15 is 0 Å². The first kappa shape index (κ1) is 26.1. The number of benzene rings is 2. The van der Waals surface area contributed by atoms with Gasteiger partial charge in [-0.15, -0.1) is 0 Å². The molecule has 39 heavy (non-hydrogen) atoms. The van der Waals surface area contributed by atoms with E-state index in [1.54, 1.807) is 0 Å². The minimum absolute atomic E-state index is 0.0444. The highest BCUT2D eigenvalue weighted by molar-refractivity contribution is 5.98. The largest absolute Gasteiger partial charge is 0.489 e. The third-order valence-electron chi connectivity index (χ3n) is 6.89. The highest BCUT2D eigenvalue weighted by Crippen LogP contribution is 2.46. The number of alkyl halides is 3. The van der Waals surface area contributed by atoms with Crippen LogP contribution in [0.25, 0.3) is 22.2 Å². The lowest BCUT2D eigenvalue weighted by Crippen LogP contribution is -2.40. The molecule has 0 fully saturated rings. The van der Waals surface area contributed by atoms with Gasteiger partial charge in [-0.05, 0) is 55.5 Å². The van der Waals surface area contributed by atoms with Gasteiger partial charge in [0.1, 0.15) is 41.0 Å². The summed E-state index contributed by atoms with van der Waals surface area (Å²) in [4.78, 5) is 32.0. The van der Waals surface area contributed by atoms with E-state index in [1.807, 2.05) is 0 Å². The molecule has 2 aromatic carbocycles. The first-order valence-electron chi connectivity index (χ1n) is 11.7. The van der Waals surface area contributed by atoms with Crippen LogP contribution >= 0.6 is 0 Å². The summed E-state index contributed by atoms with van der Waals surface area (Å²) in [5.41, 5.74) is 3.87. The van der Waals surface area contributed by atoms with Gasteiger partial charge in [0.05, 0.1) is 11.3 Å². The van der Waals surface area contributed by atoms with Crippen molar-refractivity contribution in [2.45, 2.75) is 24.4 Å². The zero-order valence-electron chi connectivity index (χ0n) is 20.3.